The lowest BCUT2D eigenvalue weighted by atomic mass is 9.43. The summed E-state index contributed by atoms with van der Waals surface area (Å²) in [7, 11) is 0. The standard InChI is InChI=1S/C50H36N2S/c1-2-11-31(12-3-1)47-38-19-18-30-10-4-5-13-34(30)48(38)52-49(51-47)39-27-41-44(36-15-7-6-14-35(36)39)46-40(20-21-43-45(46)37-16-8-9-17-42(37)53-43)50(41)32-23-28-22-29(25-32)26-33(50)24-28/h1-21,27-29,32-33H,22-26H2. The van der Waals surface area contributed by atoms with Crippen LogP contribution in [0.15, 0.2) is 133 Å². The van der Waals surface area contributed by atoms with E-state index in [4.69, 9.17) is 9.97 Å². The van der Waals surface area contributed by atoms with Gasteiger partial charge in [-0.3, -0.25) is 0 Å². The number of fused-ring (bicyclic) bond motifs is 12. The molecule has 0 unspecified atom stereocenters. The van der Waals surface area contributed by atoms with Gasteiger partial charge in [-0.2, -0.15) is 0 Å². The van der Waals surface area contributed by atoms with Gasteiger partial charge in [-0.1, -0.05) is 109 Å². The number of benzene rings is 7. The molecule has 53 heavy (non-hydrogen) atoms. The highest BCUT2D eigenvalue weighted by Crippen LogP contribution is 2.71. The van der Waals surface area contributed by atoms with E-state index in [0.717, 1.165) is 39.8 Å². The molecule has 0 radical (unpaired) electrons. The number of aromatic nitrogens is 2. The van der Waals surface area contributed by atoms with Crippen LogP contribution in [0.2, 0.25) is 0 Å². The van der Waals surface area contributed by atoms with E-state index in [1.807, 2.05) is 11.3 Å². The van der Waals surface area contributed by atoms with E-state index in [-0.39, 0.29) is 5.41 Å². The van der Waals surface area contributed by atoms with Gasteiger partial charge in [-0.25, -0.2) is 9.97 Å². The fourth-order valence-corrected chi connectivity index (χ4v) is 13.4. The Kier molecular flexibility index (Phi) is 5.71. The minimum atomic E-state index is 0.0138. The van der Waals surface area contributed by atoms with Crippen molar-refractivity contribution in [2.24, 2.45) is 23.7 Å². The lowest BCUT2D eigenvalue weighted by Crippen LogP contribution is -2.55. The van der Waals surface area contributed by atoms with Crippen LogP contribution >= 0.6 is 11.3 Å². The largest absolute Gasteiger partial charge is 0.227 e. The van der Waals surface area contributed by atoms with E-state index in [1.165, 1.54) is 90.5 Å². The summed E-state index contributed by atoms with van der Waals surface area (Å²) in [5, 5.41) is 8.94. The number of rotatable bonds is 2. The van der Waals surface area contributed by atoms with Gasteiger partial charge in [0.15, 0.2) is 5.82 Å². The third kappa shape index (κ3) is 3.74. The van der Waals surface area contributed by atoms with Crippen LogP contribution in [0.1, 0.15) is 43.2 Å². The van der Waals surface area contributed by atoms with Crippen molar-refractivity contribution < 1.29 is 0 Å². The first kappa shape index (κ1) is 29.1. The normalized spacial score (nSPS) is 23.9. The van der Waals surface area contributed by atoms with Crippen LogP contribution in [0.3, 0.4) is 0 Å². The van der Waals surface area contributed by atoms with E-state index in [1.54, 1.807) is 11.1 Å². The Morgan fingerprint density at radius 1 is 0.509 bits per heavy atom. The summed E-state index contributed by atoms with van der Waals surface area (Å²) in [6, 6.07) is 49.8. The van der Waals surface area contributed by atoms with Crippen LogP contribution in [0.4, 0.5) is 0 Å². The van der Waals surface area contributed by atoms with Crippen molar-refractivity contribution in [3.05, 3.63) is 145 Å². The number of thiophene rings is 1. The van der Waals surface area contributed by atoms with Gasteiger partial charge in [0.05, 0.1) is 11.2 Å². The van der Waals surface area contributed by atoms with Crippen LogP contribution in [0, 0.1) is 23.7 Å². The fraction of sp³-hybridized carbons (Fsp3) is 0.200. The molecule has 3 heteroatoms. The highest BCUT2D eigenvalue weighted by molar-refractivity contribution is 7.26. The Hall–Kier alpha value is -5.38. The lowest BCUT2D eigenvalue weighted by molar-refractivity contribution is -0.0398. The summed E-state index contributed by atoms with van der Waals surface area (Å²) in [4.78, 5) is 11.2. The van der Waals surface area contributed by atoms with Gasteiger partial charge < -0.3 is 0 Å². The molecule has 14 rings (SSSR count). The van der Waals surface area contributed by atoms with Gasteiger partial charge in [0.1, 0.15) is 0 Å². The highest BCUT2D eigenvalue weighted by Gasteiger charge is 2.62. The predicted molar refractivity (Wildman–Crippen MR) is 222 cm³/mol. The fourth-order valence-electron chi connectivity index (χ4n) is 12.3. The average molecular weight is 697 g/mol. The molecular weight excluding hydrogens is 661 g/mol. The second-order valence-corrected chi connectivity index (χ2v) is 17.6. The first-order chi connectivity index (χ1) is 26.2. The Morgan fingerprint density at radius 2 is 1.21 bits per heavy atom. The quantitative estimate of drug-likeness (QED) is 0.168. The van der Waals surface area contributed by atoms with Crippen LogP contribution in [-0.4, -0.2) is 9.97 Å². The average Bonchev–Trinajstić information content (AvgIpc) is 3.73. The summed E-state index contributed by atoms with van der Waals surface area (Å²) in [6.45, 7) is 0. The molecule has 9 aromatic rings. The van der Waals surface area contributed by atoms with Gasteiger partial charge in [-0.05, 0) is 118 Å². The smallest absolute Gasteiger partial charge is 0.161 e. The summed E-state index contributed by atoms with van der Waals surface area (Å²) < 4.78 is 2.79. The summed E-state index contributed by atoms with van der Waals surface area (Å²) in [6.07, 6.45) is 6.86. The summed E-state index contributed by atoms with van der Waals surface area (Å²) in [5.41, 5.74) is 10.5. The molecule has 4 fully saturated rings. The van der Waals surface area contributed by atoms with Gasteiger partial charge in [0.25, 0.3) is 0 Å². The topological polar surface area (TPSA) is 25.8 Å². The maximum Gasteiger partial charge on any atom is 0.161 e. The lowest BCUT2D eigenvalue weighted by Gasteiger charge is -2.61. The Balaban J connectivity index is 1.18. The van der Waals surface area contributed by atoms with Crippen molar-refractivity contribution in [3.8, 4) is 33.8 Å². The number of hydrogen-bond donors (Lipinski definition) is 0. The molecule has 0 saturated heterocycles. The monoisotopic (exact) mass is 696 g/mol. The van der Waals surface area contributed by atoms with E-state index in [0.29, 0.717) is 11.8 Å². The molecule has 252 valence electrons. The molecule has 5 aliphatic carbocycles. The number of nitrogens with zero attached hydrogens (tertiary/aromatic N) is 2. The van der Waals surface area contributed by atoms with E-state index >= 15 is 0 Å². The van der Waals surface area contributed by atoms with Gasteiger partial charge in [0, 0.05) is 47.5 Å². The van der Waals surface area contributed by atoms with Gasteiger partial charge in [-0.15, -0.1) is 11.3 Å². The zero-order valence-electron chi connectivity index (χ0n) is 29.3. The molecule has 2 aromatic heterocycles. The molecule has 4 saturated carbocycles. The van der Waals surface area contributed by atoms with Crippen molar-refractivity contribution in [3.63, 3.8) is 0 Å². The van der Waals surface area contributed by atoms with Crippen molar-refractivity contribution in [1.82, 2.24) is 9.97 Å². The first-order valence-corrected chi connectivity index (χ1v) is 20.3. The van der Waals surface area contributed by atoms with Crippen molar-refractivity contribution in [1.29, 1.82) is 0 Å². The summed E-state index contributed by atoms with van der Waals surface area (Å²) >= 11 is 1.95. The molecule has 0 amide bonds. The molecule has 0 aliphatic heterocycles. The zero-order valence-corrected chi connectivity index (χ0v) is 30.2. The van der Waals surface area contributed by atoms with Crippen LogP contribution in [0.5, 0.6) is 0 Å². The molecule has 7 aromatic carbocycles. The third-order valence-corrected chi connectivity index (χ3v) is 15.2. The van der Waals surface area contributed by atoms with E-state index in [2.05, 4.69) is 133 Å². The Bertz CT molecular complexity index is 3000. The molecule has 5 aliphatic rings. The predicted octanol–water partition coefficient (Wildman–Crippen LogP) is 13.4. The maximum absolute atomic E-state index is 5.58. The molecule has 4 bridgehead atoms. The van der Waals surface area contributed by atoms with Gasteiger partial charge in [0.2, 0.25) is 0 Å². The minimum absolute atomic E-state index is 0.0138. The second-order valence-electron chi connectivity index (χ2n) is 16.5. The third-order valence-electron chi connectivity index (χ3n) is 14.0. The zero-order chi connectivity index (χ0) is 34.4. The number of hydrogen-bond acceptors (Lipinski definition) is 3. The first-order valence-electron chi connectivity index (χ1n) is 19.5. The van der Waals surface area contributed by atoms with Gasteiger partial charge >= 0.3 is 0 Å². The molecule has 0 N–H and O–H groups in total. The Morgan fingerprint density at radius 3 is 2.02 bits per heavy atom. The van der Waals surface area contributed by atoms with Crippen LogP contribution < -0.4 is 0 Å². The minimum Gasteiger partial charge on any atom is -0.227 e. The van der Waals surface area contributed by atoms with Crippen LogP contribution in [-0.2, 0) is 5.41 Å². The SMILES string of the molecule is c1ccc(-c2nc(-c3cc4c(c5ccccc35)-c3c(ccc5sc6ccccc6c35)C43C4CC5CC(C4)CC3C5)nc3c2ccc2ccccc23)cc1. The molecular formula is C50H36N2S. The molecule has 0 atom stereocenters. The highest BCUT2D eigenvalue weighted by atomic mass is 32.1. The van der Waals surface area contributed by atoms with Crippen molar-refractivity contribution in [2.45, 2.75) is 37.5 Å². The van der Waals surface area contributed by atoms with E-state index < -0.39 is 0 Å². The molecule has 2 heterocycles. The maximum atomic E-state index is 5.58. The van der Waals surface area contributed by atoms with Crippen molar-refractivity contribution in [2.75, 3.05) is 0 Å². The summed E-state index contributed by atoms with van der Waals surface area (Å²) in [5.74, 6) is 3.92. The molecule has 2 nitrogen and oxygen atoms in total. The van der Waals surface area contributed by atoms with E-state index in [9.17, 15) is 0 Å². The van der Waals surface area contributed by atoms with Crippen LogP contribution in [0.25, 0.3) is 86.4 Å². The molecule has 1 spiro atoms. The Labute approximate surface area is 312 Å². The second kappa shape index (κ2) is 10.4. The van der Waals surface area contributed by atoms with Crippen molar-refractivity contribution >= 4 is 64.0 Å².